The van der Waals surface area contributed by atoms with Crippen LogP contribution >= 0.6 is 11.3 Å². The third kappa shape index (κ3) is 3.26. The van der Waals surface area contributed by atoms with Gasteiger partial charge < -0.3 is 15.8 Å². The first kappa shape index (κ1) is 14.7. The molecule has 8 nitrogen and oxygen atoms in total. The van der Waals surface area contributed by atoms with Gasteiger partial charge in [0, 0.05) is 19.7 Å². The highest BCUT2D eigenvalue weighted by atomic mass is 32.1. The summed E-state index contributed by atoms with van der Waals surface area (Å²) in [6.45, 7) is 0.556. The van der Waals surface area contributed by atoms with E-state index in [1.165, 1.54) is 6.07 Å². The van der Waals surface area contributed by atoms with Gasteiger partial charge in [0.05, 0.1) is 10.5 Å². The van der Waals surface area contributed by atoms with Crippen molar-refractivity contribution in [1.82, 2.24) is 4.98 Å². The molecule has 0 fully saturated rings. The maximum atomic E-state index is 10.8. The molecule has 0 radical (unpaired) electrons. The first-order valence-corrected chi connectivity index (χ1v) is 6.81. The Morgan fingerprint density at radius 2 is 2.43 bits per heavy atom. The zero-order chi connectivity index (χ0) is 15.4. The van der Waals surface area contributed by atoms with E-state index in [0.717, 1.165) is 11.8 Å². The van der Waals surface area contributed by atoms with Crippen LogP contribution in [-0.4, -0.2) is 28.0 Å². The molecule has 2 aromatic rings. The van der Waals surface area contributed by atoms with Crippen LogP contribution in [0.2, 0.25) is 0 Å². The number of amidine groups is 1. The molecule has 0 saturated carbocycles. The molecule has 0 amide bonds. The molecule has 0 bridgehead atoms. The number of anilines is 1. The van der Waals surface area contributed by atoms with Gasteiger partial charge >= 0.3 is 0 Å². The monoisotopic (exact) mass is 307 g/mol. The molecule has 0 unspecified atom stereocenters. The Morgan fingerprint density at radius 3 is 3.00 bits per heavy atom. The van der Waals surface area contributed by atoms with Gasteiger partial charge in [0.15, 0.2) is 5.84 Å². The van der Waals surface area contributed by atoms with Crippen LogP contribution in [0, 0.1) is 10.1 Å². The lowest BCUT2D eigenvalue weighted by Crippen LogP contribution is -2.24. The number of nitrogens with two attached hydrogens (primary N) is 1. The summed E-state index contributed by atoms with van der Waals surface area (Å²) in [4.78, 5) is 16.1. The van der Waals surface area contributed by atoms with Crippen molar-refractivity contribution in [3.05, 3.63) is 50.3 Å². The van der Waals surface area contributed by atoms with E-state index in [9.17, 15) is 10.1 Å². The Bertz CT molecular complexity index is 672. The van der Waals surface area contributed by atoms with E-state index in [4.69, 9.17) is 10.9 Å². The number of thiophene rings is 1. The number of rotatable bonds is 5. The molecule has 2 aromatic heterocycles. The zero-order valence-corrected chi connectivity index (χ0v) is 11.9. The Kier molecular flexibility index (Phi) is 4.33. The molecule has 21 heavy (non-hydrogen) atoms. The Hall–Kier alpha value is -2.68. The summed E-state index contributed by atoms with van der Waals surface area (Å²) in [5.41, 5.74) is 6.66. The van der Waals surface area contributed by atoms with Gasteiger partial charge in [-0.05, 0) is 22.4 Å². The molecule has 110 valence electrons. The van der Waals surface area contributed by atoms with Crippen LogP contribution in [0.4, 0.5) is 11.5 Å². The molecule has 0 aromatic carbocycles. The third-order valence-electron chi connectivity index (χ3n) is 2.81. The highest BCUT2D eigenvalue weighted by molar-refractivity contribution is 7.07. The average molecular weight is 307 g/mol. The van der Waals surface area contributed by atoms with E-state index in [1.54, 1.807) is 23.3 Å². The summed E-state index contributed by atoms with van der Waals surface area (Å²) >= 11 is 1.57. The standard InChI is InChI=1S/C12H13N5O3S/c1-16(6-8-2-3-21-7-8)12-10(11(13)15-18)4-9(5-14-12)17(19)20/h2-5,7,18H,6H2,1H3,(H2,13,15). The van der Waals surface area contributed by atoms with Crippen molar-refractivity contribution < 1.29 is 10.1 Å². The summed E-state index contributed by atoms with van der Waals surface area (Å²) < 4.78 is 0. The lowest BCUT2D eigenvalue weighted by molar-refractivity contribution is -0.385. The van der Waals surface area contributed by atoms with E-state index in [-0.39, 0.29) is 17.1 Å². The van der Waals surface area contributed by atoms with E-state index in [1.807, 2.05) is 16.8 Å². The largest absolute Gasteiger partial charge is 0.409 e. The van der Waals surface area contributed by atoms with Crippen molar-refractivity contribution in [3.8, 4) is 0 Å². The smallest absolute Gasteiger partial charge is 0.288 e. The topological polar surface area (TPSA) is 118 Å². The molecule has 0 atom stereocenters. The predicted octanol–water partition coefficient (Wildman–Crippen LogP) is 1.78. The van der Waals surface area contributed by atoms with Crippen molar-refractivity contribution in [2.75, 3.05) is 11.9 Å². The molecule has 3 N–H and O–H groups in total. The first-order valence-electron chi connectivity index (χ1n) is 5.87. The molecule has 2 rings (SSSR count). The van der Waals surface area contributed by atoms with Gasteiger partial charge in [-0.2, -0.15) is 11.3 Å². The van der Waals surface area contributed by atoms with Gasteiger partial charge in [0.25, 0.3) is 5.69 Å². The molecular formula is C12H13N5O3S. The number of nitrogens with zero attached hydrogens (tertiary/aromatic N) is 4. The fourth-order valence-electron chi connectivity index (χ4n) is 1.82. The molecule has 0 saturated heterocycles. The van der Waals surface area contributed by atoms with Crippen LogP contribution in [0.3, 0.4) is 0 Å². The normalized spacial score (nSPS) is 11.4. The highest BCUT2D eigenvalue weighted by Gasteiger charge is 2.18. The van der Waals surface area contributed by atoms with Crippen molar-refractivity contribution in [2.24, 2.45) is 10.9 Å². The van der Waals surface area contributed by atoms with Crippen LogP contribution in [0.25, 0.3) is 0 Å². The van der Waals surface area contributed by atoms with Crippen LogP contribution in [0.15, 0.2) is 34.2 Å². The molecule has 9 heteroatoms. The fraction of sp³-hybridized carbons (Fsp3) is 0.167. The van der Waals surface area contributed by atoms with Gasteiger partial charge in [-0.1, -0.05) is 5.16 Å². The number of hydrogen-bond donors (Lipinski definition) is 2. The fourth-order valence-corrected chi connectivity index (χ4v) is 2.48. The van der Waals surface area contributed by atoms with Gasteiger partial charge in [0.2, 0.25) is 0 Å². The quantitative estimate of drug-likeness (QED) is 0.286. The maximum absolute atomic E-state index is 10.8. The van der Waals surface area contributed by atoms with E-state index >= 15 is 0 Å². The second-order valence-corrected chi connectivity index (χ2v) is 5.07. The Labute approximate surface area is 124 Å². The molecule has 0 aliphatic heterocycles. The van der Waals surface area contributed by atoms with Gasteiger partial charge in [-0.15, -0.1) is 0 Å². The summed E-state index contributed by atoms with van der Waals surface area (Å²) in [5, 5.41) is 26.5. The minimum Gasteiger partial charge on any atom is -0.409 e. The Balaban J connectivity index is 2.39. The van der Waals surface area contributed by atoms with Crippen LogP contribution in [0.5, 0.6) is 0 Å². The molecular weight excluding hydrogens is 294 g/mol. The van der Waals surface area contributed by atoms with Crippen LogP contribution in [-0.2, 0) is 6.54 Å². The lowest BCUT2D eigenvalue weighted by Gasteiger charge is -2.20. The van der Waals surface area contributed by atoms with Crippen molar-refractivity contribution in [3.63, 3.8) is 0 Å². The number of aromatic nitrogens is 1. The van der Waals surface area contributed by atoms with Gasteiger partial charge in [0.1, 0.15) is 12.0 Å². The van der Waals surface area contributed by atoms with Gasteiger partial charge in [-0.3, -0.25) is 10.1 Å². The summed E-state index contributed by atoms with van der Waals surface area (Å²) in [6.07, 6.45) is 1.15. The summed E-state index contributed by atoms with van der Waals surface area (Å²) in [7, 11) is 1.78. The minimum absolute atomic E-state index is 0.212. The minimum atomic E-state index is -0.580. The number of nitro groups is 1. The first-order chi connectivity index (χ1) is 10.0. The summed E-state index contributed by atoms with van der Waals surface area (Å²) in [5.74, 6) is 0.181. The molecule has 0 spiro atoms. The number of oxime groups is 1. The summed E-state index contributed by atoms with van der Waals surface area (Å²) in [6, 6.07) is 3.21. The lowest BCUT2D eigenvalue weighted by atomic mass is 10.2. The van der Waals surface area contributed by atoms with Gasteiger partial charge in [-0.25, -0.2) is 4.98 Å². The number of pyridine rings is 1. The average Bonchev–Trinajstić information content (AvgIpc) is 2.98. The van der Waals surface area contributed by atoms with E-state index < -0.39 is 4.92 Å². The second kappa shape index (κ2) is 6.18. The van der Waals surface area contributed by atoms with E-state index in [2.05, 4.69) is 10.1 Å². The van der Waals surface area contributed by atoms with Crippen LogP contribution in [0.1, 0.15) is 11.1 Å². The Morgan fingerprint density at radius 1 is 1.67 bits per heavy atom. The SMILES string of the molecule is CN(Cc1ccsc1)c1ncc([N+](=O)[O-])cc1C(N)=NO. The third-order valence-corrected chi connectivity index (χ3v) is 3.54. The second-order valence-electron chi connectivity index (χ2n) is 4.29. The van der Waals surface area contributed by atoms with Crippen molar-refractivity contribution in [1.29, 1.82) is 0 Å². The highest BCUT2D eigenvalue weighted by Crippen LogP contribution is 2.23. The van der Waals surface area contributed by atoms with E-state index in [0.29, 0.717) is 12.4 Å². The molecule has 0 aliphatic carbocycles. The predicted molar refractivity (Wildman–Crippen MR) is 79.8 cm³/mol. The zero-order valence-electron chi connectivity index (χ0n) is 11.1. The molecule has 0 aliphatic rings. The maximum Gasteiger partial charge on any atom is 0.288 e. The number of hydrogen-bond acceptors (Lipinski definition) is 7. The molecule has 2 heterocycles. The van der Waals surface area contributed by atoms with Crippen molar-refractivity contribution in [2.45, 2.75) is 6.54 Å². The van der Waals surface area contributed by atoms with Crippen LogP contribution < -0.4 is 10.6 Å². The van der Waals surface area contributed by atoms with Crippen molar-refractivity contribution >= 4 is 28.7 Å².